The molecule has 0 unspecified atom stereocenters. The number of fused-ring (bicyclic) bond motifs is 2. The Labute approximate surface area is 224 Å². The number of pyridine rings is 1. The molecule has 0 atom stereocenters. The van der Waals surface area contributed by atoms with E-state index in [1.165, 1.54) is 0 Å². The lowest BCUT2D eigenvalue weighted by molar-refractivity contribution is 0.414. The van der Waals surface area contributed by atoms with E-state index < -0.39 is 0 Å². The molecule has 6 rings (SSSR count). The van der Waals surface area contributed by atoms with E-state index >= 15 is 0 Å². The third kappa shape index (κ3) is 4.49. The Morgan fingerprint density at radius 2 is 1.58 bits per heavy atom. The van der Waals surface area contributed by atoms with Crippen LogP contribution in [0.5, 0.6) is 5.75 Å². The standard InChI is InChI=1S/C31H21N5OS/c1-37-28-18-27-26(17-21(28)19-32)29(15-16-33-27)38-23-13-11-22(12-14-23)34-31-25-10-6-5-9-24(25)30(35-36-31)20-7-3-2-4-8-20/h2-18H,1H3,(H,34,36). The minimum Gasteiger partial charge on any atom is -0.495 e. The lowest BCUT2D eigenvalue weighted by atomic mass is 10.0. The summed E-state index contributed by atoms with van der Waals surface area (Å²) in [7, 11) is 1.56. The fourth-order valence-corrected chi connectivity index (χ4v) is 5.30. The van der Waals surface area contributed by atoms with Crippen molar-refractivity contribution in [2.75, 3.05) is 12.4 Å². The predicted octanol–water partition coefficient (Wildman–Crippen LogP) is 7.62. The summed E-state index contributed by atoms with van der Waals surface area (Å²) < 4.78 is 5.33. The number of ether oxygens (including phenoxy) is 1. The lowest BCUT2D eigenvalue weighted by Gasteiger charge is -2.12. The van der Waals surface area contributed by atoms with E-state index in [9.17, 15) is 5.26 Å². The minimum atomic E-state index is 0.487. The molecule has 0 fully saturated rings. The van der Waals surface area contributed by atoms with Crippen LogP contribution in [0.1, 0.15) is 5.56 Å². The van der Waals surface area contributed by atoms with E-state index in [1.807, 2.05) is 66.7 Å². The number of nitriles is 1. The highest BCUT2D eigenvalue weighted by Crippen LogP contribution is 2.36. The van der Waals surface area contributed by atoms with E-state index in [2.05, 4.69) is 50.8 Å². The van der Waals surface area contributed by atoms with Crippen molar-refractivity contribution >= 4 is 44.9 Å². The zero-order valence-electron chi connectivity index (χ0n) is 20.4. The van der Waals surface area contributed by atoms with Crippen LogP contribution in [0.25, 0.3) is 32.9 Å². The summed E-state index contributed by atoms with van der Waals surface area (Å²) >= 11 is 1.62. The maximum absolute atomic E-state index is 9.51. The molecule has 7 heteroatoms. The zero-order chi connectivity index (χ0) is 25.9. The monoisotopic (exact) mass is 511 g/mol. The molecule has 2 aromatic heterocycles. The molecule has 4 aromatic carbocycles. The summed E-state index contributed by atoms with van der Waals surface area (Å²) in [5.74, 6) is 1.23. The van der Waals surface area contributed by atoms with Gasteiger partial charge >= 0.3 is 0 Å². The molecule has 0 spiro atoms. The van der Waals surface area contributed by atoms with Gasteiger partial charge in [0.2, 0.25) is 0 Å². The first-order valence-electron chi connectivity index (χ1n) is 12.0. The van der Waals surface area contributed by atoms with Gasteiger partial charge in [-0.05, 0) is 36.4 Å². The van der Waals surface area contributed by atoms with Crippen LogP contribution in [-0.2, 0) is 0 Å². The van der Waals surface area contributed by atoms with Crippen molar-refractivity contribution in [1.82, 2.24) is 15.2 Å². The third-order valence-electron chi connectivity index (χ3n) is 6.22. The maximum atomic E-state index is 9.51. The summed E-state index contributed by atoms with van der Waals surface area (Å²) in [6.45, 7) is 0. The Morgan fingerprint density at radius 1 is 0.816 bits per heavy atom. The number of nitrogens with one attached hydrogen (secondary N) is 1. The molecule has 0 radical (unpaired) electrons. The van der Waals surface area contributed by atoms with Gasteiger partial charge in [-0.15, -0.1) is 10.2 Å². The molecule has 38 heavy (non-hydrogen) atoms. The molecule has 0 bridgehead atoms. The van der Waals surface area contributed by atoms with Crippen molar-refractivity contribution in [3.05, 3.63) is 109 Å². The molecular formula is C31H21N5OS. The van der Waals surface area contributed by atoms with Crippen LogP contribution in [0.4, 0.5) is 11.5 Å². The van der Waals surface area contributed by atoms with Crippen molar-refractivity contribution in [2.45, 2.75) is 9.79 Å². The van der Waals surface area contributed by atoms with E-state index in [0.29, 0.717) is 17.1 Å². The number of methoxy groups -OCH3 is 1. The molecule has 0 saturated carbocycles. The van der Waals surface area contributed by atoms with Gasteiger partial charge in [0, 0.05) is 49.5 Å². The van der Waals surface area contributed by atoms with Gasteiger partial charge in [-0.1, -0.05) is 66.4 Å². The van der Waals surface area contributed by atoms with E-state index in [-0.39, 0.29) is 0 Å². The highest BCUT2D eigenvalue weighted by atomic mass is 32.2. The molecule has 0 aliphatic rings. The van der Waals surface area contributed by atoms with Crippen molar-refractivity contribution in [2.24, 2.45) is 0 Å². The van der Waals surface area contributed by atoms with Crippen LogP contribution in [0.3, 0.4) is 0 Å². The topological polar surface area (TPSA) is 83.7 Å². The zero-order valence-corrected chi connectivity index (χ0v) is 21.2. The molecule has 0 aliphatic carbocycles. The SMILES string of the molecule is COc1cc2nccc(Sc3ccc(Nc4nnc(-c5ccccc5)c5ccccc45)cc3)c2cc1C#N. The van der Waals surface area contributed by atoms with Gasteiger partial charge in [-0.25, -0.2) is 0 Å². The average Bonchev–Trinajstić information content (AvgIpc) is 2.98. The number of nitrogens with zero attached hydrogens (tertiary/aromatic N) is 4. The van der Waals surface area contributed by atoms with Crippen LogP contribution in [0, 0.1) is 11.3 Å². The highest BCUT2D eigenvalue weighted by Gasteiger charge is 2.12. The summed E-state index contributed by atoms with van der Waals surface area (Å²) in [5.41, 5.74) is 4.08. The fourth-order valence-electron chi connectivity index (χ4n) is 4.37. The van der Waals surface area contributed by atoms with E-state index in [1.54, 1.807) is 31.1 Å². The third-order valence-corrected chi connectivity index (χ3v) is 7.31. The first kappa shape index (κ1) is 23.5. The Bertz CT molecular complexity index is 1820. The van der Waals surface area contributed by atoms with E-state index in [0.717, 1.165) is 48.4 Å². The quantitative estimate of drug-likeness (QED) is 0.246. The number of hydrogen-bond donors (Lipinski definition) is 1. The van der Waals surface area contributed by atoms with Crippen molar-refractivity contribution in [3.8, 4) is 23.1 Å². The van der Waals surface area contributed by atoms with Crippen LogP contribution >= 0.6 is 11.8 Å². The summed E-state index contributed by atoms with van der Waals surface area (Å²) in [5, 5.41) is 25.0. The number of hydrogen-bond acceptors (Lipinski definition) is 7. The Morgan fingerprint density at radius 3 is 2.34 bits per heavy atom. The van der Waals surface area contributed by atoms with Crippen LogP contribution in [0.15, 0.2) is 113 Å². The van der Waals surface area contributed by atoms with Crippen molar-refractivity contribution in [1.29, 1.82) is 5.26 Å². The van der Waals surface area contributed by atoms with Gasteiger partial charge < -0.3 is 10.1 Å². The van der Waals surface area contributed by atoms with E-state index in [4.69, 9.17) is 4.74 Å². The molecule has 182 valence electrons. The van der Waals surface area contributed by atoms with Crippen LogP contribution in [0.2, 0.25) is 0 Å². The fraction of sp³-hybridized carbons (Fsp3) is 0.0323. The van der Waals surface area contributed by atoms with Gasteiger partial charge in [0.05, 0.1) is 18.2 Å². The second-order valence-corrected chi connectivity index (χ2v) is 9.67. The second kappa shape index (κ2) is 10.2. The van der Waals surface area contributed by atoms with Gasteiger partial charge in [0.25, 0.3) is 0 Å². The molecule has 6 aromatic rings. The minimum absolute atomic E-state index is 0.487. The normalized spacial score (nSPS) is 10.8. The molecule has 0 amide bonds. The molecular weight excluding hydrogens is 490 g/mol. The molecule has 0 aliphatic heterocycles. The predicted molar refractivity (Wildman–Crippen MR) is 152 cm³/mol. The largest absolute Gasteiger partial charge is 0.495 e. The average molecular weight is 512 g/mol. The summed E-state index contributed by atoms with van der Waals surface area (Å²) in [6, 6.07) is 34.2. The van der Waals surface area contributed by atoms with Gasteiger partial charge in [-0.2, -0.15) is 5.26 Å². The second-order valence-electron chi connectivity index (χ2n) is 8.55. The molecule has 6 nitrogen and oxygen atoms in total. The number of anilines is 2. The maximum Gasteiger partial charge on any atom is 0.161 e. The van der Waals surface area contributed by atoms with Gasteiger partial charge in [-0.3, -0.25) is 4.98 Å². The number of rotatable bonds is 6. The molecule has 2 heterocycles. The smallest absolute Gasteiger partial charge is 0.161 e. The number of aromatic nitrogens is 3. The van der Waals surface area contributed by atoms with Crippen LogP contribution in [-0.4, -0.2) is 22.3 Å². The Kier molecular flexibility index (Phi) is 6.30. The number of benzene rings is 4. The Balaban J connectivity index is 1.27. The Hall–Kier alpha value is -4.93. The highest BCUT2D eigenvalue weighted by molar-refractivity contribution is 7.99. The summed E-state index contributed by atoms with van der Waals surface area (Å²) in [4.78, 5) is 6.53. The first-order chi connectivity index (χ1) is 18.7. The lowest BCUT2D eigenvalue weighted by Crippen LogP contribution is -1.99. The molecule has 1 N–H and O–H groups in total. The summed E-state index contributed by atoms with van der Waals surface area (Å²) in [6.07, 6.45) is 1.77. The first-order valence-corrected chi connectivity index (χ1v) is 12.8. The van der Waals surface area contributed by atoms with Gasteiger partial charge in [0.1, 0.15) is 17.5 Å². The van der Waals surface area contributed by atoms with Crippen molar-refractivity contribution in [3.63, 3.8) is 0 Å². The van der Waals surface area contributed by atoms with Crippen LogP contribution < -0.4 is 10.1 Å². The molecule has 0 saturated heterocycles. The van der Waals surface area contributed by atoms with Crippen molar-refractivity contribution < 1.29 is 4.74 Å². The van der Waals surface area contributed by atoms with Gasteiger partial charge in [0.15, 0.2) is 5.82 Å².